The number of piperidine rings is 1. The first-order chi connectivity index (χ1) is 41.7. The summed E-state index contributed by atoms with van der Waals surface area (Å²) < 4.78 is 0. The summed E-state index contributed by atoms with van der Waals surface area (Å²) in [5.74, 6) is 2.88. The zero-order valence-corrected chi connectivity index (χ0v) is 63.0. The Hall–Kier alpha value is -6.20. The molecule has 1 saturated heterocycles. The Kier molecular flexibility index (Phi) is 775. The van der Waals surface area contributed by atoms with E-state index in [1.807, 2.05) is 119 Å². The highest BCUT2D eigenvalue weighted by Gasteiger charge is 2.11. The lowest BCUT2D eigenvalue weighted by molar-refractivity contribution is -0.129. The molecule has 25 nitrogen and oxygen atoms in total. The molecule has 0 radical (unpaired) electrons. The Morgan fingerprint density at radius 2 is 0.483 bits per heavy atom. The van der Waals surface area contributed by atoms with Gasteiger partial charge in [-0.25, -0.2) is 0 Å². The summed E-state index contributed by atoms with van der Waals surface area (Å²) in [7, 11) is 12.0. The normalized spacial score (nSPS) is 6.84. The molecule has 0 bridgehead atoms. The van der Waals surface area contributed by atoms with Gasteiger partial charge >= 0.3 is 0 Å². The molecule has 0 saturated carbocycles. The monoisotopic (exact) mass is 1310 g/mol. The van der Waals surface area contributed by atoms with Gasteiger partial charge in [-0.15, -0.1) is 0 Å². The van der Waals surface area contributed by atoms with Crippen molar-refractivity contribution >= 4 is 80.6 Å². The topological polar surface area (TPSA) is 541 Å². The average molecular weight is 1310 g/mol. The molecule has 2 aromatic rings. The minimum Gasteiger partial charge on any atom is -0.394 e. The van der Waals surface area contributed by atoms with E-state index in [2.05, 4.69) is 171 Å². The summed E-state index contributed by atoms with van der Waals surface area (Å²) in [5.41, 5.74) is 38.8. The van der Waals surface area contributed by atoms with Crippen molar-refractivity contribution in [2.75, 3.05) is 69.5 Å². The lowest BCUT2D eigenvalue weighted by atomic mass is 10.1. The van der Waals surface area contributed by atoms with E-state index in [0.29, 0.717) is 0 Å². The molecule has 554 valence electrons. The van der Waals surface area contributed by atoms with Crippen LogP contribution in [0.25, 0.3) is 0 Å². The van der Waals surface area contributed by atoms with Gasteiger partial charge in [0.2, 0.25) is 5.91 Å². The number of aliphatic hydroxyl groups is 1. The van der Waals surface area contributed by atoms with Gasteiger partial charge in [0.15, 0.2) is 0 Å². The van der Waals surface area contributed by atoms with Crippen molar-refractivity contribution in [3.05, 3.63) is 71.8 Å². The highest BCUT2D eigenvalue weighted by atomic mass is 16.3. The van der Waals surface area contributed by atoms with Crippen molar-refractivity contribution in [1.82, 2.24) is 23.4 Å². The number of amides is 1. The number of aliphatic hydroxyl groups excluding tert-OH is 1. The van der Waals surface area contributed by atoms with Crippen molar-refractivity contribution in [2.24, 2.45) is 63.6 Å². The number of likely N-dealkylation sites (tertiary alicyclic amines) is 1. The second-order valence-electron chi connectivity index (χ2n) is 12.7. The largest absolute Gasteiger partial charge is 0.394 e. The fourth-order valence-electron chi connectivity index (χ4n) is 2.64. The lowest BCUT2D eigenvalue weighted by Crippen LogP contribution is -2.33. The fraction of sp³-hybridized carbons (Fsp3) is 0.625. The zero-order chi connectivity index (χ0) is 76.8. The first kappa shape index (κ1) is 184. The molecule has 0 aliphatic carbocycles. The first-order valence-corrected chi connectivity index (χ1v) is 27.5. The Bertz CT molecular complexity index is 930. The highest BCUT2D eigenvalue weighted by Crippen LogP contribution is 2.07. The Balaban J connectivity index is -0.0000000171. The van der Waals surface area contributed by atoms with Gasteiger partial charge < -0.3 is 127 Å². The van der Waals surface area contributed by atoms with Crippen molar-refractivity contribution in [2.45, 2.75) is 182 Å². The fourth-order valence-corrected chi connectivity index (χ4v) is 2.64. The van der Waals surface area contributed by atoms with Crippen LogP contribution in [0, 0.1) is 17.8 Å². The van der Waals surface area contributed by atoms with Crippen LogP contribution in [0.1, 0.15) is 174 Å². The quantitative estimate of drug-likeness (QED) is 0.133. The third-order valence-electron chi connectivity index (χ3n) is 6.75. The molecule has 0 aromatic heterocycles. The number of benzene rings is 2. The van der Waals surface area contributed by atoms with Gasteiger partial charge in [-0.3, -0.25) is 4.79 Å². The van der Waals surface area contributed by atoms with Crippen LogP contribution < -0.4 is 64.3 Å². The summed E-state index contributed by atoms with van der Waals surface area (Å²) in [4.78, 5) is 101. The highest BCUT2D eigenvalue weighted by molar-refractivity contribution is 5.73. The number of carbonyl (C=O) groups is 12. The number of hydrogen-bond acceptors (Lipinski definition) is 24. The smallest absolute Gasteiger partial charge is 0.219 e. The van der Waals surface area contributed by atoms with Gasteiger partial charge in [0.25, 0.3) is 0 Å². The van der Waals surface area contributed by atoms with Gasteiger partial charge in [0.1, 0.15) is 74.7 Å². The molecule has 1 amide bonds. The van der Waals surface area contributed by atoms with Crippen molar-refractivity contribution in [3.63, 3.8) is 0 Å². The van der Waals surface area contributed by atoms with Crippen LogP contribution in [0.15, 0.2) is 60.7 Å². The van der Waals surface area contributed by atoms with Gasteiger partial charge in [-0.05, 0) is 131 Å². The molecule has 1 fully saturated rings. The molecule has 1 aliphatic rings. The first-order valence-electron chi connectivity index (χ1n) is 27.5. The van der Waals surface area contributed by atoms with E-state index in [4.69, 9.17) is 57.8 Å². The third kappa shape index (κ3) is 515. The molecule has 0 atom stereocenters. The minimum absolute atomic E-state index is 0. The second-order valence-corrected chi connectivity index (χ2v) is 12.7. The lowest BCUT2D eigenvalue weighted by Gasteiger charge is -2.24. The summed E-state index contributed by atoms with van der Waals surface area (Å²) in [5, 5.41) is 8.06. The summed E-state index contributed by atoms with van der Waals surface area (Å²) in [6, 6.07) is 20.9. The van der Waals surface area contributed by atoms with Crippen LogP contribution in [0.3, 0.4) is 0 Å². The molecule has 2 aromatic carbocycles. The third-order valence-corrected chi connectivity index (χ3v) is 6.75. The van der Waals surface area contributed by atoms with Crippen molar-refractivity contribution < 1.29 is 62.6 Å². The zero-order valence-electron chi connectivity index (χ0n) is 63.0. The maximum Gasteiger partial charge on any atom is 0.219 e. The van der Waals surface area contributed by atoms with Crippen molar-refractivity contribution in [1.29, 1.82) is 0 Å². The van der Waals surface area contributed by atoms with Crippen LogP contribution in [-0.4, -0.2) is 166 Å². The molecular formula is C64H160N12O13. The number of nitrogens with two attached hydrogens (primary N) is 8. The van der Waals surface area contributed by atoms with Crippen LogP contribution in [0.2, 0.25) is 0 Å². The number of nitrogens with zero attached hydrogens (tertiary/aromatic N) is 1. The maximum absolute atomic E-state index is 10.7. The van der Waals surface area contributed by atoms with E-state index in [0.717, 1.165) is 43.7 Å². The van der Waals surface area contributed by atoms with E-state index in [-0.39, 0.29) is 30.5 Å². The van der Waals surface area contributed by atoms with Crippen LogP contribution in [-0.2, 0) is 70.4 Å². The number of carbonyl (C=O) groups excluding carboxylic acids is 12. The summed E-state index contributed by atoms with van der Waals surface area (Å²) >= 11 is 0. The van der Waals surface area contributed by atoms with Crippen LogP contribution in [0.5, 0.6) is 0 Å². The van der Waals surface area contributed by atoms with E-state index >= 15 is 0 Å². The molecule has 1 heterocycles. The Labute approximate surface area is 551 Å². The number of rotatable bonds is 5. The molecule has 89 heavy (non-hydrogen) atoms. The summed E-state index contributed by atoms with van der Waals surface area (Å²) in [6.45, 7) is 61.3. The standard InChI is InChI=1S/2C8H10.C7H13NO.3C5H12.C3H8O.2C2H6.8CH5N.11CH2O.3H3N/c2*1-2-8-6-4-3-5-7-8;1-7(9)8-5-3-2-4-6-8;3*1-4-5(2)3;1-3(2)4;21*1-2;;;/h2*3-7H,2H2,1H3;2-6H2,1H3;3*5H,4H2,1-3H3;3-4H,1-2H3;2*1-2H3;8*2H2,1H3;11*1H2;3*1H3. The maximum atomic E-state index is 10.7. The molecule has 25 heteroatoms. The van der Waals surface area contributed by atoms with Crippen LogP contribution >= 0.6 is 0 Å². The molecule has 3 rings (SSSR count). The molecule has 1 aliphatic heterocycles. The van der Waals surface area contributed by atoms with Gasteiger partial charge in [0.05, 0.1) is 0 Å². The Morgan fingerprint density at radius 1 is 0.360 bits per heavy atom. The Morgan fingerprint density at radius 3 is 0.551 bits per heavy atom. The average Bonchev–Trinajstić information content (AvgIpc) is 3.64. The van der Waals surface area contributed by atoms with E-state index in [1.165, 1.54) is 106 Å². The van der Waals surface area contributed by atoms with Crippen LogP contribution in [0.4, 0.5) is 0 Å². The predicted octanol–water partition coefficient (Wildman–Crippen LogP) is 9.16. The van der Waals surface area contributed by atoms with Gasteiger partial charge in [-0.1, -0.05) is 184 Å². The van der Waals surface area contributed by atoms with E-state index < -0.39 is 0 Å². The molecule has 0 unspecified atom stereocenters. The number of hydrogen-bond donors (Lipinski definition) is 12. The molecule has 26 N–H and O–H groups in total. The summed E-state index contributed by atoms with van der Waals surface area (Å²) in [6.07, 6.45) is 9.71. The second kappa shape index (κ2) is 374. The van der Waals surface area contributed by atoms with Gasteiger partial charge in [0, 0.05) is 26.1 Å². The minimum atomic E-state index is -0.167. The molecular weight excluding hydrogens is 1140 g/mol. The predicted molar refractivity (Wildman–Crippen MR) is 397 cm³/mol. The van der Waals surface area contributed by atoms with Crippen molar-refractivity contribution in [3.8, 4) is 0 Å². The SMILES string of the molecule is C=O.C=O.C=O.C=O.C=O.C=O.C=O.C=O.C=O.C=O.C=O.CC.CC.CC(=O)N1CCCCC1.CC(C)O.CCC(C)C.CCC(C)C.CCC(C)C.CCc1ccccc1.CCc1ccccc1.CN.CN.CN.CN.CN.CN.CN.CN.N.N.N. The number of aryl methyl sites for hydroxylation is 2. The van der Waals surface area contributed by atoms with E-state index in [9.17, 15) is 4.79 Å². The van der Waals surface area contributed by atoms with Gasteiger partial charge in [-0.2, -0.15) is 0 Å². The molecule has 0 spiro atoms. The van der Waals surface area contributed by atoms with E-state index in [1.54, 1.807) is 20.8 Å².